The summed E-state index contributed by atoms with van der Waals surface area (Å²) in [5, 5.41) is 7.82. The van der Waals surface area contributed by atoms with E-state index in [1.165, 1.54) is 20.4 Å². The monoisotopic (exact) mass is 385 g/mol. The molecule has 0 unspecified atom stereocenters. The van der Waals surface area contributed by atoms with E-state index in [-0.39, 0.29) is 0 Å². The topological polar surface area (TPSA) is 39.1 Å². The van der Waals surface area contributed by atoms with Crippen molar-refractivity contribution in [2.75, 3.05) is 20.3 Å². The molecule has 1 heterocycles. The smallest absolute Gasteiger partial charge is 0.0662 e. The molecule has 0 saturated carbocycles. The lowest BCUT2D eigenvalue weighted by molar-refractivity contribution is 0.199. The van der Waals surface area contributed by atoms with E-state index in [1.54, 1.807) is 7.11 Å². The van der Waals surface area contributed by atoms with Crippen LogP contribution >= 0.6 is 22.6 Å². The predicted octanol–water partition coefficient (Wildman–Crippen LogP) is 2.58. The highest BCUT2D eigenvalue weighted by Gasteiger charge is 2.06. The number of rotatable bonds is 7. The van der Waals surface area contributed by atoms with E-state index in [2.05, 4.69) is 68.9 Å². The van der Waals surface area contributed by atoms with Crippen molar-refractivity contribution in [1.29, 1.82) is 0 Å². The third kappa shape index (κ3) is 4.29. The molecule has 1 aromatic heterocycles. The first-order chi connectivity index (χ1) is 9.70. The van der Waals surface area contributed by atoms with Crippen LogP contribution in [0.1, 0.15) is 16.8 Å². The van der Waals surface area contributed by atoms with Crippen molar-refractivity contribution in [3.05, 3.63) is 50.9 Å². The van der Waals surface area contributed by atoms with Crippen molar-refractivity contribution in [2.45, 2.75) is 20.0 Å². The second kappa shape index (κ2) is 7.75. The van der Waals surface area contributed by atoms with E-state index in [9.17, 15) is 0 Å². The van der Waals surface area contributed by atoms with Gasteiger partial charge in [0.1, 0.15) is 0 Å². The van der Waals surface area contributed by atoms with E-state index >= 15 is 0 Å². The average molecular weight is 385 g/mol. The van der Waals surface area contributed by atoms with Gasteiger partial charge in [0.2, 0.25) is 0 Å². The molecule has 0 aliphatic rings. The summed E-state index contributed by atoms with van der Waals surface area (Å²) >= 11 is 2.32. The van der Waals surface area contributed by atoms with Gasteiger partial charge >= 0.3 is 0 Å². The van der Waals surface area contributed by atoms with Gasteiger partial charge in [0, 0.05) is 35.0 Å². The van der Waals surface area contributed by atoms with E-state index in [0.29, 0.717) is 0 Å². The highest BCUT2D eigenvalue weighted by Crippen LogP contribution is 2.12. The third-order valence-electron chi connectivity index (χ3n) is 3.25. The molecule has 5 heteroatoms. The largest absolute Gasteiger partial charge is 0.383 e. The number of hydrogen-bond donors (Lipinski definition) is 1. The minimum Gasteiger partial charge on any atom is -0.383 e. The fraction of sp³-hybridized carbons (Fsp3) is 0.400. The molecule has 0 aliphatic carbocycles. The van der Waals surface area contributed by atoms with Crippen LogP contribution in [-0.2, 0) is 17.8 Å². The summed E-state index contributed by atoms with van der Waals surface area (Å²) in [6.07, 6.45) is 1.95. The molecule has 0 radical (unpaired) electrons. The standard InChI is InChI=1S/C15H20IN3O/c1-12-14(9-17-7-8-20-2)10-18-19(12)11-13-3-5-15(16)6-4-13/h3-6,10,17H,7-9,11H2,1-2H3. The van der Waals surface area contributed by atoms with Crippen molar-refractivity contribution in [3.63, 3.8) is 0 Å². The van der Waals surface area contributed by atoms with Crippen molar-refractivity contribution in [3.8, 4) is 0 Å². The zero-order valence-corrected chi connectivity index (χ0v) is 14.1. The summed E-state index contributed by atoms with van der Waals surface area (Å²) in [6.45, 7) is 5.36. The highest BCUT2D eigenvalue weighted by molar-refractivity contribution is 14.1. The van der Waals surface area contributed by atoms with Gasteiger partial charge in [-0.2, -0.15) is 5.10 Å². The SMILES string of the molecule is COCCNCc1cnn(Cc2ccc(I)cc2)c1C. The van der Waals surface area contributed by atoms with Gasteiger partial charge in [-0.25, -0.2) is 0 Å². The molecule has 2 aromatic rings. The average Bonchev–Trinajstić information content (AvgIpc) is 2.79. The lowest BCUT2D eigenvalue weighted by Gasteiger charge is -2.07. The van der Waals surface area contributed by atoms with Crippen molar-refractivity contribution in [1.82, 2.24) is 15.1 Å². The molecule has 0 atom stereocenters. The van der Waals surface area contributed by atoms with Gasteiger partial charge < -0.3 is 10.1 Å². The number of ether oxygens (including phenoxy) is 1. The minimum absolute atomic E-state index is 0.732. The molecule has 1 aromatic carbocycles. The predicted molar refractivity (Wildman–Crippen MR) is 88.8 cm³/mol. The maximum absolute atomic E-state index is 5.02. The third-order valence-corrected chi connectivity index (χ3v) is 3.97. The lowest BCUT2D eigenvalue weighted by atomic mass is 10.2. The Bertz CT molecular complexity index is 537. The number of aromatic nitrogens is 2. The Morgan fingerprint density at radius 3 is 2.75 bits per heavy atom. The van der Waals surface area contributed by atoms with E-state index in [1.807, 2.05) is 6.20 Å². The molecule has 0 saturated heterocycles. The van der Waals surface area contributed by atoms with Crippen LogP contribution in [0.2, 0.25) is 0 Å². The van der Waals surface area contributed by atoms with Gasteiger partial charge in [0.05, 0.1) is 19.3 Å². The molecule has 0 bridgehead atoms. The molecule has 0 fully saturated rings. The van der Waals surface area contributed by atoms with E-state index in [0.717, 1.165) is 26.2 Å². The van der Waals surface area contributed by atoms with Gasteiger partial charge in [0.25, 0.3) is 0 Å². The fourth-order valence-electron chi connectivity index (χ4n) is 1.98. The number of halogens is 1. The molecule has 0 spiro atoms. The van der Waals surface area contributed by atoms with E-state index in [4.69, 9.17) is 4.74 Å². The van der Waals surface area contributed by atoms with Crippen LogP contribution in [0.5, 0.6) is 0 Å². The van der Waals surface area contributed by atoms with Crippen LogP contribution < -0.4 is 5.32 Å². The quantitative estimate of drug-likeness (QED) is 0.588. The Hall–Kier alpha value is -0.920. The highest BCUT2D eigenvalue weighted by atomic mass is 127. The summed E-state index contributed by atoms with van der Waals surface area (Å²) in [7, 11) is 1.71. The molecule has 1 N–H and O–H groups in total. The van der Waals surface area contributed by atoms with Gasteiger partial charge in [-0.15, -0.1) is 0 Å². The van der Waals surface area contributed by atoms with Crippen LogP contribution in [0.25, 0.3) is 0 Å². The molecule has 108 valence electrons. The second-order valence-electron chi connectivity index (χ2n) is 4.71. The second-order valence-corrected chi connectivity index (χ2v) is 5.95. The zero-order valence-electron chi connectivity index (χ0n) is 11.9. The molecule has 4 nitrogen and oxygen atoms in total. The summed E-state index contributed by atoms with van der Waals surface area (Å²) in [4.78, 5) is 0. The van der Waals surface area contributed by atoms with Gasteiger partial charge in [0.15, 0.2) is 0 Å². The van der Waals surface area contributed by atoms with Crippen LogP contribution in [0.15, 0.2) is 30.5 Å². The molecular weight excluding hydrogens is 365 g/mol. The first kappa shape index (κ1) is 15.5. The summed E-state index contributed by atoms with van der Waals surface area (Å²) < 4.78 is 8.33. The molecule has 0 aliphatic heterocycles. The first-order valence-corrected chi connectivity index (χ1v) is 7.74. The van der Waals surface area contributed by atoms with E-state index < -0.39 is 0 Å². The van der Waals surface area contributed by atoms with Crippen LogP contribution in [0.4, 0.5) is 0 Å². The maximum atomic E-state index is 5.02. The summed E-state index contributed by atoms with van der Waals surface area (Å²) in [5.74, 6) is 0. The Kier molecular flexibility index (Phi) is 6.00. The van der Waals surface area contributed by atoms with Crippen molar-refractivity contribution < 1.29 is 4.74 Å². The Morgan fingerprint density at radius 2 is 2.05 bits per heavy atom. The Balaban J connectivity index is 1.96. The van der Waals surface area contributed by atoms with Crippen LogP contribution in [0.3, 0.4) is 0 Å². The molecule has 0 amide bonds. The fourth-order valence-corrected chi connectivity index (χ4v) is 2.34. The van der Waals surface area contributed by atoms with Crippen LogP contribution in [-0.4, -0.2) is 30.0 Å². The number of hydrogen-bond acceptors (Lipinski definition) is 3. The Morgan fingerprint density at radius 1 is 1.30 bits per heavy atom. The number of nitrogens with one attached hydrogen (secondary N) is 1. The van der Waals surface area contributed by atoms with Crippen molar-refractivity contribution >= 4 is 22.6 Å². The van der Waals surface area contributed by atoms with Crippen LogP contribution in [0, 0.1) is 10.5 Å². The lowest BCUT2D eigenvalue weighted by Crippen LogP contribution is -2.18. The summed E-state index contributed by atoms with van der Waals surface area (Å²) in [5.41, 5.74) is 3.73. The van der Waals surface area contributed by atoms with Gasteiger partial charge in [-0.1, -0.05) is 12.1 Å². The number of nitrogens with zero attached hydrogens (tertiary/aromatic N) is 2. The summed E-state index contributed by atoms with van der Waals surface area (Å²) in [6, 6.07) is 8.56. The van der Waals surface area contributed by atoms with Gasteiger partial charge in [-0.05, 0) is 47.2 Å². The Labute approximate surface area is 133 Å². The van der Waals surface area contributed by atoms with Gasteiger partial charge in [-0.3, -0.25) is 4.68 Å². The first-order valence-electron chi connectivity index (χ1n) is 6.66. The number of benzene rings is 1. The molecular formula is C15H20IN3O. The normalized spacial score (nSPS) is 10.9. The molecule has 2 rings (SSSR count). The number of methoxy groups -OCH3 is 1. The molecule has 20 heavy (non-hydrogen) atoms. The maximum Gasteiger partial charge on any atom is 0.0662 e. The zero-order chi connectivity index (χ0) is 14.4. The van der Waals surface area contributed by atoms with Crippen molar-refractivity contribution in [2.24, 2.45) is 0 Å². The minimum atomic E-state index is 0.732.